The Morgan fingerprint density at radius 3 is 2.21 bits per heavy atom. The third kappa shape index (κ3) is 5.50. The molecule has 0 aliphatic carbocycles. The van der Waals surface area contributed by atoms with Gasteiger partial charge in [0.1, 0.15) is 11.6 Å². The second-order valence-corrected chi connectivity index (χ2v) is 8.64. The number of anilines is 1. The zero-order chi connectivity index (χ0) is 23.4. The zero-order valence-electron chi connectivity index (χ0n) is 18.9. The average molecular weight is 457 g/mol. The lowest BCUT2D eigenvalue weighted by atomic mass is 10.0. The molecule has 0 saturated carbocycles. The Morgan fingerprint density at radius 1 is 0.939 bits per heavy atom. The zero-order valence-corrected chi connectivity index (χ0v) is 18.9. The van der Waals surface area contributed by atoms with E-state index in [0.29, 0.717) is 31.5 Å². The molecule has 2 fully saturated rings. The van der Waals surface area contributed by atoms with E-state index in [4.69, 9.17) is 0 Å². The minimum atomic E-state index is -0.771. The van der Waals surface area contributed by atoms with Crippen molar-refractivity contribution in [1.82, 2.24) is 15.1 Å². The van der Waals surface area contributed by atoms with Crippen LogP contribution >= 0.6 is 0 Å². The van der Waals surface area contributed by atoms with E-state index in [1.807, 2.05) is 29.2 Å². The molecule has 2 amide bonds. The number of likely N-dealkylation sites (N-methyl/N-ethyl adjacent to an activating group) is 1. The van der Waals surface area contributed by atoms with Gasteiger partial charge in [0, 0.05) is 62.6 Å². The van der Waals surface area contributed by atoms with Gasteiger partial charge in [-0.15, -0.1) is 0 Å². The van der Waals surface area contributed by atoms with E-state index in [1.165, 1.54) is 0 Å². The summed E-state index contributed by atoms with van der Waals surface area (Å²) in [5.74, 6) is -1.96. The molecular weight excluding hydrogens is 426 g/mol. The van der Waals surface area contributed by atoms with Gasteiger partial charge in [0.25, 0.3) is 11.8 Å². The Balaban J connectivity index is 1.37. The van der Waals surface area contributed by atoms with Crippen molar-refractivity contribution in [2.45, 2.75) is 25.8 Å². The van der Waals surface area contributed by atoms with Crippen molar-refractivity contribution in [2.24, 2.45) is 0 Å². The van der Waals surface area contributed by atoms with Crippen molar-refractivity contribution in [3.8, 4) is 0 Å². The van der Waals surface area contributed by atoms with Crippen LogP contribution in [0.1, 0.15) is 40.5 Å². The first-order valence-corrected chi connectivity index (χ1v) is 11.6. The van der Waals surface area contributed by atoms with Crippen molar-refractivity contribution in [3.05, 3.63) is 65.2 Å². The molecule has 0 unspecified atom stereocenters. The van der Waals surface area contributed by atoms with Gasteiger partial charge in [-0.1, -0.05) is 19.1 Å². The van der Waals surface area contributed by atoms with Crippen molar-refractivity contribution < 1.29 is 18.4 Å². The van der Waals surface area contributed by atoms with Crippen molar-refractivity contribution in [3.63, 3.8) is 0 Å². The molecule has 2 aliphatic heterocycles. The molecule has 0 bridgehead atoms. The van der Waals surface area contributed by atoms with Gasteiger partial charge >= 0.3 is 0 Å². The molecule has 2 aliphatic rings. The summed E-state index contributed by atoms with van der Waals surface area (Å²) < 4.78 is 26.8. The Labute approximate surface area is 193 Å². The number of piperidine rings is 1. The maximum Gasteiger partial charge on any atom is 0.256 e. The van der Waals surface area contributed by atoms with Gasteiger partial charge in [-0.3, -0.25) is 9.59 Å². The molecule has 0 spiro atoms. The number of halogens is 2. The van der Waals surface area contributed by atoms with Gasteiger partial charge in [-0.25, -0.2) is 8.78 Å². The quantitative estimate of drug-likeness (QED) is 0.751. The number of hydrogen-bond acceptors (Lipinski definition) is 4. The molecule has 2 saturated heterocycles. The van der Waals surface area contributed by atoms with Gasteiger partial charge in [-0.2, -0.15) is 0 Å². The third-order valence-electron chi connectivity index (χ3n) is 6.54. The van der Waals surface area contributed by atoms with E-state index in [-0.39, 0.29) is 17.5 Å². The fourth-order valence-corrected chi connectivity index (χ4v) is 4.59. The van der Waals surface area contributed by atoms with Crippen molar-refractivity contribution >= 4 is 17.5 Å². The maximum atomic E-state index is 13.4. The fraction of sp³-hybridized carbons (Fsp3) is 0.440. The minimum Gasteiger partial charge on any atom is -0.371 e. The van der Waals surface area contributed by atoms with Crippen molar-refractivity contribution in [1.29, 1.82) is 0 Å². The average Bonchev–Trinajstić information content (AvgIpc) is 2.83. The number of rotatable bonds is 5. The summed E-state index contributed by atoms with van der Waals surface area (Å²) in [4.78, 5) is 32.1. The maximum absolute atomic E-state index is 13.4. The Bertz CT molecular complexity index is 979. The molecular formula is C25H30F2N4O2. The Morgan fingerprint density at radius 2 is 1.58 bits per heavy atom. The van der Waals surface area contributed by atoms with Crippen LogP contribution in [-0.2, 0) is 0 Å². The van der Waals surface area contributed by atoms with Crippen LogP contribution in [0.4, 0.5) is 14.5 Å². The molecule has 2 aromatic carbocycles. The number of nitrogens with one attached hydrogen (secondary N) is 1. The summed E-state index contributed by atoms with van der Waals surface area (Å²) in [7, 11) is 0. The summed E-state index contributed by atoms with van der Waals surface area (Å²) in [6.45, 7) is 7.74. The van der Waals surface area contributed by atoms with E-state index in [0.717, 1.165) is 56.6 Å². The SMILES string of the molecule is CCN1CCN(C(=O)c2ccccc2N2CCC(NC(=O)c3cc(F)cc(F)c3)CC2)CC1. The lowest BCUT2D eigenvalue weighted by molar-refractivity contribution is 0.0644. The minimum absolute atomic E-state index is 0.0194. The predicted molar refractivity (Wildman–Crippen MR) is 124 cm³/mol. The van der Waals surface area contributed by atoms with Gasteiger partial charge in [0.2, 0.25) is 0 Å². The molecule has 2 heterocycles. The number of hydrogen-bond donors (Lipinski definition) is 1. The lowest BCUT2D eigenvalue weighted by Crippen LogP contribution is -2.49. The summed E-state index contributed by atoms with van der Waals surface area (Å²) in [6.07, 6.45) is 1.36. The number of amides is 2. The molecule has 0 atom stereocenters. The molecule has 0 radical (unpaired) electrons. The number of carbonyl (C=O) groups excluding carboxylic acids is 2. The monoisotopic (exact) mass is 456 g/mol. The van der Waals surface area contributed by atoms with E-state index in [2.05, 4.69) is 22.0 Å². The molecule has 8 heteroatoms. The van der Waals surface area contributed by atoms with Gasteiger partial charge in [0.15, 0.2) is 0 Å². The topological polar surface area (TPSA) is 55.9 Å². The normalized spacial score (nSPS) is 17.8. The van der Waals surface area contributed by atoms with Crippen LogP contribution in [0.2, 0.25) is 0 Å². The molecule has 2 aromatic rings. The van der Waals surface area contributed by atoms with Gasteiger partial charge < -0.3 is 20.0 Å². The first-order valence-electron chi connectivity index (χ1n) is 11.6. The fourth-order valence-electron chi connectivity index (χ4n) is 4.59. The second kappa shape index (κ2) is 10.3. The number of nitrogens with zero attached hydrogens (tertiary/aromatic N) is 3. The standard InChI is InChI=1S/C25H30F2N4O2/c1-2-29-11-13-31(14-12-29)25(33)22-5-3-4-6-23(22)30-9-7-21(8-10-30)28-24(32)18-15-19(26)17-20(27)16-18/h3-6,15-17,21H,2,7-14H2,1H3,(H,28,32). The van der Waals surface area contributed by atoms with Gasteiger partial charge in [0.05, 0.1) is 5.56 Å². The highest BCUT2D eigenvalue weighted by Gasteiger charge is 2.27. The molecule has 33 heavy (non-hydrogen) atoms. The van der Waals surface area contributed by atoms with E-state index < -0.39 is 17.5 Å². The molecule has 0 aromatic heterocycles. The lowest BCUT2D eigenvalue weighted by Gasteiger charge is -2.37. The highest BCUT2D eigenvalue weighted by molar-refractivity contribution is 6.00. The first kappa shape index (κ1) is 23.2. The Hall–Kier alpha value is -3.00. The predicted octanol–water partition coefficient (Wildman–Crippen LogP) is 3.14. The van der Waals surface area contributed by atoms with E-state index in [1.54, 1.807) is 0 Å². The van der Waals surface area contributed by atoms with Crippen LogP contribution in [0.5, 0.6) is 0 Å². The van der Waals surface area contributed by atoms with Crippen LogP contribution in [0.3, 0.4) is 0 Å². The van der Waals surface area contributed by atoms with Crippen LogP contribution in [0.25, 0.3) is 0 Å². The highest BCUT2D eigenvalue weighted by atomic mass is 19.1. The highest BCUT2D eigenvalue weighted by Crippen LogP contribution is 2.26. The van der Waals surface area contributed by atoms with E-state index >= 15 is 0 Å². The van der Waals surface area contributed by atoms with Gasteiger partial charge in [-0.05, 0) is 43.7 Å². The second-order valence-electron chi connectivity index (χ2n) is 8.64. The summed E-state index contributed by atoms with van der Waals surface area (Å²) in [5, 5.41) is 2.88. The molecule has 1 N–H and O–H groups in total. The van der Waals surface area contributed by atoms with E-state index in [9.17, 15) is 18.4 Å². The van der Waals surface area contributed by atoms with Crippen molar-refractivity contribution in [2.75, 3.05) is 50.7 Å². The molecule has 4 rings (SSSR count). The summed E-state index contributed by atoms with van der Waals surface area (Å²) in [6, 6.07) is 10.4. The number of carbonyl (C=O) groups is 2. The number of benzene rings is 2. The summed E-state index contributed by atoms with van der Waals surface area (Å²) in [5.41, 5.74) is 1.60. The number of para-hydroxylation sites is 1. The van der Waals surface area contributed by atoms with Crippen LogP contribution in [0.15, 0.2) is 42.5 Å². The smallest absolute Gasteiger partial charge is 0.256 e. The summed E-state index contributed by atoms with van der Waals surface area (Å²) >= 11 is 0. The molecule has 6 nitrogen and oxygen atoms in total. The van der Waals surface area contributed by atoms with Crippen LogP contribution in [-0.4, -0.2) is 73.5 Å². The van der Waals surface area contributed by atoms with Crippen LogP contribution < -0.4 is 10.2 Å². The Kier molecular flexibility index (Phi) is 7.23. The van der Waals surface area contributed by atoms with Crippen LogP contribution in [0, 0.1) is 11.6 Å². The number of piperazine rings is 1. The molecule has 176 valence electrons. The first-order chi connectivity index (χ1) is 15.9. The largest absolute Gasteiger partial charge is 0.371 e. The third-order valence-corrected chi connectivity index (χ3v) is 6.54.